The van der Waals surface area contributed by atoms with Crippen molar-refractivity contribution in [2.45, 2.75) is 32.6 Å². The number of nitro benzene ring substituents is 1. The minimum atomic E-state index is -3.86. The molecule has 1 aromatic heterocycles. The number of benzene rings is 2. The molecule has 10 nitrogen and oxygen atoms in total. The molecule has 0 radical (unpaired) electrons. The number of aromatic nitrogens is 1. The molecule has 0 saturated heterocycles. The van der Waals surface area contributed by atoms with E-state index >= 15 is 0 Å². The van der Waals surface area contributed by atoms with Gasteiger partial charge in [0.25, 0.3) is 5.69 Å². The smallest absolute Gasteiger partial charge is 0.298 e. The van der Waals surface area contributed by atoms with Crippen LogP contribution >= 0.6 is 0 Å². The fourth-order valence-electron chi connectivity index (χ4n) is 3.29. The van der Waals surface area contributed by atoms with Crippen LogP contribution in [0.2, 0.25) is 0 Å². The Bertz CT molecular complexity index is 1290. The molecule has 2 aromatic carbocycles. The van der Waals surface area contributed by atoms with Crippen LogP contribution < -0.4 is 0 Å². The molecule has 1 heterocycles. The highest BCUT2D eigenvalue weighted by atomic mass is 32.2. The number of nitrogens with zero attached hydrogens (tertiary/aromatic N) is 4. The third-order valence-electron chi connectivity index (χ3n) is 5.20. The molecule has 0 fully saturated rings. The van der Waals surface area contributed by atoms with Gasteiger partial charge in [-0.2, -0.15) is 4.31 Å². The second kappa shape index (κ2) is 8.44. The lowest BCUT2D eigenvalue weighted by atomic mass is 10.1. The number of H-pyrrole nitrogens is 1. The van der Waals surface area contributed by atoms with Crippen molar-refractivity contribution in [2.24, 2.45) is 10.2 Å². The molecule has 0 aliphatic heterocycles. The number of fused-ring (bicyclic) bond motifs is 1. The second-order valence-electron chi connectivity index (χ2n) is 6.95. The number of aromatic hydroxyl groups is 1. The highest BCUT2D eigenvalue weighted by Gasteiger charge is 2.26. The summed E-state index contributed by atoms with van der Waals surface area (Å²) in [6.07, 6.45) is 0. The summed E-state index contributed by atoms with van der Waals surface area (Å²) in [5.74, 6) is -0.212. The Labute approximate surface area is 179 Å². The Morgan fingerprint density at radius 3 is 2.42 bits per heavy atom. The topological polar surface area (TPSA) is 141 Å². The number of sulfonamides is 1. The van der Waals surface area contributed by atoms with E-state index in [4.69, 9.17) is 0 Å². The summed E-state index contributed by atoms with van der Waals surface area (Å²) < 4.78 is 26.6. The summed E-state index contributed by atoms with van der Waals surface area (Å²) in [6, 6.07) is 7.12. The van der Waals surface area contributed by atoms with Crippen molar-refractivity contribution in [3.8, 4) is 5.88 Å². The molecule has 0 amide bonds. The number of nitrogens with one attached hydrogen (secondary N) is 1. The number of hydrogen-bond donors (Lipinski definition) is 2. The van der Waals surface area contributed by atoms with E-state index in [-0.39, 0.29) is 35.2 Å². The molecule has 0 spiro atoms. The van der Waals surface area contributed by atoms with Crippen LogP contribution in [0, 0.1) is 24.0 Å². The highest BCUT2D eigenvalue weighted by molar-refractivity contribution is 7.89. The molecule has 3 rings (SSSR count). The molecule has 164 valence electrons. The first-order valence-electron chi connectivity index (χ1n) is 9.62. The van der Waals surface area contributed by atoms with Crippen LogP contribution in [0.1, 0.15) is 25.0 Å². The molecule has 0 saturated carbocycles. The van der Waals surface area contributed by atoms with Crippen molar-refractivity contribution in [2.75, 3.05) is 13.1 Å². The molecule has 31 heavy (non-hydrogen) atoms. The van der Waals surface area contributed by atoms with Crippen LogP contribution in [0.25, 0.3) is 10.9 Å². The zero-order valence-electron chi connectivity index (χ0n) is 17.6. The van der Waals surface area contributed by atoms with Crippen LogP contribution in [0.3, 0.4) is 0 Å². The minimum absolute atomic E-state index is 0.124. The van der Waals surface area contributed by atoms with Crippen LogP contribution in [-0.4, -0.2) is 40.8 Å². The monoisotopic (exact) mass is 445 g/mol. The second-order valence-corrected chi connectivity index (χ2v) is 8.89. The molecular weight excluding hydrogens is 422 g/mol. The van der Waals surface area contributed by atoms with E-state index in [2.05, 4.69) is 15.2 Å². The summed E-state index contributed by atoms with van der Waals surface area (Å²) in [5.41, 5.74) is 2.18. The molecular formula is C20H23N5O5S. The average Bonchev–Trinajstić information content (AvgIpc) is 3.05. The number of aryl methyl sites for hydroxylation is 2. The van der Waals surface area contributed by atoms with E-state index in [0.29, 0.717) is 10.9 Å². The summed E-state index contributed by atoms with van der Waals surface area (Å²) in [7, 11) is -3.86. The Hall–Kier alpha value is -3.31. The molecule has 0 unspecified atom stereocenters. The van der Waals surface area contributed by atoms with Gasteiger partial charge in [0.2, 0.25) is 15.9 Å². The Balaban J connectivity index is 2.08. The third-order valence-corrected chi connectivity index (χ3v) is 7.25. The number of hydrogen-bond acceptors (Lipinski definition) is 7. The van der Waals surface area contributed by atoms with Gasteiger partial charge in [-0.15, -0.1) is 10.2 Å². The predicted octanol–water partition coefficient (Wildman–Crippen LogP) is 4.84. The Morgan fingerprint density at radius 1 is 1.13 bits per heavy atom. The standard InChI is InChI=1S/C20H23N5O5S/c1-5-24(6-2)31(29,30)14-8-10-16(17(11-14)25(27)28)22-23-19-15-9-7-12(3)13(4)18(15)21-20(19)26/h7-11,21,26H,5-6H2,1-4H3. The lowest BCUT2D eigenvalue weighted by molar-refractivity contribution is -0.384. The van der Waals surface area contributed by atoms with Crippen LogP contribution in [-0.2, 0) is 10.0 Å². The van der Waals surface area contributed by atoms with Crippen LogP contribution in [0.5, 0.6) is 5.88 Å². The summed E-state index contributed by atoms with van der Waals surface area (Å²) in [6.45, 7) is 7.70. The van der Waals surface area contributed by atoms with Gasteiger partial charge in [0.15, 0.2) is 11.4 Å². The van der Waals surface area contributed by atoms with Gasteiger partial charge in [0, 0.05) is 24.5 Å². The van der Waals surface area contributed by atoms with E-state index in [1.165, 1.54) is 16.4 Å². The van der Waals surface area contributed by atoms with Gasteiger partial charge >= 0.3 is 0 Å². The largest absolute Gasteiger partial charge is 0.493 e. The van der Waals surface area contributed by atoms with E-state index < -0.39 is 20.6 Å². The van der Waals surface area contributed by atoms with Gasteiger partial charge in [0.1, 0.15) is 0 Å². The third kappa shape index (κ3) is 4.01. The number of azo groups is 1. The number of aromatic amines is 1. The Kier molecular flexibility index (Phi) is 6.09. The van der Waals surface area contributed by atoms with Gasteiger partial charge in [-0.25, -0.2) is 8.42 Å². The zero-order chi connectivity index (χ0) is 22.9. The maximum atomic E-state index is 12.7. The highest BCUT2D eigenvalue weighted by Crippen LogP contribution is 2.39. The fourth-order valence-corrected chi connectivity index (χ4v) is 4.77. The van der Waals surface area contributed by atoms with Crippen molar-refractivity contribution in [1.29, 1.82) is 0 Å². The molecule has 0 bridgehead atoms. The van der Waals surface area contributed by atoms with E-state index in [0.717, 1.165) is 17.2 Å². The fraction of sp³-hybridized carbons (Fsp3) is 0.300. The first kappa shape index (κ1) is 22.4. The van der Waals surface area contributed by atoms with Crippen molar-refractivity contribution >= 4 is 38.0 Å². The average molecular weight is 446 g/mol. The lowest BCUT2D eigenvalue weighted by Crippen LogP contribution is -2.30. The van der Waals surface area contributed by atoms with Crippen molar-refractivity contribution in [3.63, 3.8) is 0 Å². The van der Waals surface area contributed by atoms with Gasteiger partial charge in [0.05, 0.1) is 15.3 Å². The number of rotatable bonds is 7. The SMILES string of the molecule is CCN(CC)S(=O)(=O)c1ccc(N=Nc2c(O)[nH]c3c(C)c(C)ccc23)c([N+](=O)[O-])c1. The van der Waals surface area contributed by atoms with Gasteiger partial charge < -0.3 is 10.1 Å². The molecule has 3 aromatic rings. The molecule has 0 aliphatic carbocycles. The predicted molar refractivity (Wildman–Crippen MR) is 117 cm³/mol. The maximum Gasteiger partial charge on any atom is 0.298 e. The van der Waals surface area contributed by atoms with Gasteiger partial charge in [-0.1, -0.05) is 26.0 Å². The molecule has 2 N–H and O–H groups in total. The lowest BCUT2D eigenvalue weighted by Gasteiger charge is -2.18. The van der Waals surface area contributed by atoms with Crippen molar-refractivity contribution in [3.05, 3.63) is 51.6 Å². The normalized spacial score (nSPS) is 12.3. The van der Waals surface area contributed by atoms with E-state index in [1.807, 2.05) is 19.9 Å². The molecule has 11 heteroatoms. The summed E-state index contributed by atoms with van der Waals surface area (Å²) >= 11 is 0. The van der Waals surface area contributed by atoms with Crippen molar-refractivity contribution in [1.82, 2.24) is 9.29 Å². The quantitative estimate of drug-likeness (QED) is 0.304. The minimum Gasteiger partial charge on any atom is -0.493 e. The summed E-state index contributed by atoms with van der Waals surface area (Å²) in [4.78, 5) is 13.5. The van der Waals surface area contributed by atoms with Crippen LogP contribution in [0.4, 0.5) is 17.1 Å². The van der Waals surface area contributed by atoms with Gasteiger partial charge in [-0.05, 0) is 37.1 Å². The van der Waals surface area contributed by atoms with Crippen LogP contribution in [0.15, 0.2) is 45.5 Å². The number of nitro groups is 1. The maximum absolute atomic E-state index is 12.7. The van der Waals surface area contributed by atoms with E-state index in [9.17, 15) is 23.6 Å². The first-order chi connectivity index (χ1) is 14.6. The van der Waals surface area contributed by atoms with Crippen molar-refractivity contribution < 1.29 is 18.4 Å². The Morgan fingerprint density at radius 2 is 1.81 bits per heavy atom. The summed E-state index contributed by atoms with van der Waals surface area (Å²) in [5, 5.41) is 30.4. The van der Waals surface area contributed by atoms with Gasteiger partial charge in [-0.3, -0.25) is 10.1 Å². The van der Waals surface area contributed by atoms with E-state index in [1.54, 1.807) is 19.9 Å². The molecule has 0 aliphatic rings. The molecule has 0 atom stereocenters. The first-order valence-corrected chi connectivity index (χ1v) is 11.1. The zero-order valence-corrected chi connectivity index (χ0v) is 18.4.